The van der Waals surface area contributed by atoms with E-state index in [0.717, 1.165) is 12.2 Å². The molecule has 1 amide bonds. The van der Waals surface area contributed by atoms with Crippen LogP contribution in [0.15, 0.2) is 18.2 Å². The number of piperidine rings is 3. The van der Waals surface area contributed by atoms with Crippen LogP contribution in [0, 0.1) is 11.7 Å². The maximum atomic E-state index is 13.6. The van der Waals surface area contributed by atoms with E-state index >= 15 is 0 Å². The molecule has 108 valence electrons. The first-order valence-corrected chi connectivity index (χ1v) is 7.18. The molecule has 3 fully saturated rings. The van der Waals surface area contributed by atoms with Crippen molar-refractivity contribution in [2.75, 3.05) is 30.3 Å². The fraction of sp³-hybridized carbons (Fsp3) is 0.533. The van der Waals surface area contributed by atoms with Gasteiger partial charge in [-0.1, -0.05) is 0 Å². The Kier molecular flexibility index (Phi) is 3.61. The number of anilines is 2. The molecule has 1 aromatic rings. The van der Waals surface area contributed by atoms with Crippen LogP contribution in [0.5, 0.6) is 0 Å². The van der Waals surface area contributed by atoms with E-state index in [2.05, 4.69) is 15.5 Å². The highest BCUT2D eigenvalue weighted by Crippen LogP contribution is 2.30. The normalized spacial score (nSPS) is 28.2. The topological polar surface area (TPSA) is 44.4 Å². The van der Waals surface area contributed by atoms with Crippen molar-refractivity contribution in [2.24, 2.45) is 5.92 Å². The lowest BCUT2D eigenvalue weighted by Crippen LogP contribution is -2.53. The molecule has 4 rings (SSSR count). The molecule has 0 spiro atoms. The number of fused-ring (bicyclic) bond motifs is 3. The summed E-state index contributed by atoms with van der Waals surface area (Å²) < 4.78 is 13.6. The van der Waals surface area contributed by atoms with Crippen LogP contribution in [0.4, 0.5) is 15.8 Å². The average molecular weight is 277 g/mol. The molecular formula is C15H20FN3O. The molecule has 3 aliphatic heterocycles. The van der Waals surface area contributed by atoms with Gasteiger partial charge in [-0.15, -0.1) is 0 Å². The van der Waals surface area contributed by atoms with Crippen LogP contribution in [0.2, 0.25) is 0 Å². The molecule has 0 aliphatic carbocycles. The highest BCUT2D eigenvalue weighted by atomic mass is 19.1. The van der Waals surface area contributed by atoms with Gasteiger partial charge >= 0.3 is 0 Å². The molecule has 2 bridgehead atoms. The summed E-state index contributed by atoms with van der Waals surface area (Å²) in [5, 5.41) is 6.01. The summed E-state index contributed by atoms with van der Waals surface area (Å²) in [6.07, 6.45) is 2.47. The van der Waals surface area contributed by atoms with Crippen molar-refractivity contribution in [3.63, 3.8) is 0 Å². The number of carbonyl (C=O) groups excluding carboxylic acids is 1. The number of amides is 1. The zero-order valence-corrected chi connectivity index (χ0v) is 11.7. The van der Waals surface area contributed by atoms with Gasteiger partial charge in [0.25, 0.3) is 0 Å². The maximum absolute atomic E-state index is 13.6. The molecule has 0 saturated carbocycles. The molecule has 1 atom stereocenters. The van der Waals surface area contributed by atoms with Crippen molar-refractivity contribution in [1.82, 2.24) is 4.90 Å². The molecule has 5 heteroatoms. The van der Waals surface area contributed by atoms with Gasteiger partial charge in [0.05, 0.1) is 5.69 Å². The van der Waals surface area contributed by atoms with Crippen LogP contribution in [-0.2, 0) is 4.79 Å². The molecule has 3 heterocycles. The van der Waals surface area contributed by atoms with Gasteiger partial charge in [0.2, 0.25) is 5.91 Å². The number of nitrogens with one attached hydrogen (secondary N) is 2. The fourth-order valence-corrected chi connectivity index (χ4v) is 3.24. The monoisotopic (exact) mass is 277 g/mol. The Balaban J connectivity index is 1.72. The van der Waals surface area contributed by atoms with Gasteiger partial charge in [0.1, 0.15) is 5.82 Å². The Hall–Kier alpha value is -1.62. The molecular weight excluding hydrogens is 257 g/mol. The number of halogens is 1. The Morgan fingerprint density at radius 2 is 2.10 bits per heavy atom. The van der Waals surface area contributed by atoms with E-state index in [9.17, 15) is 9.18 Å². The van der Waals surface area contributed by atoms with Gasteiger partial charge in [0, 0.05) is 25.2 Å². The minimum Gasteiger partial charge on any atom is -0.381 e. The van der Waals surface area contributed by atoms with Crippen LogP contribution in [0.25, 0.3) is 0 Å². The molecule has 2 N–H and O–H groups in total. The van der Waals surface area contributed by atoms with E-state index in [4.69, 9.17) is 0 Å². The van der Waals surface area contributed by atoms with Gasteiger partial charge in [0.15, 0.2) is 0 Å². The fourth-order valence-electron chi connectivity index (χ4n) is 3.24. The molecule has 1 unspecified atom stereocenters. The van der Waals surface area contributed by atoms with Crippen LogP contribution < -0.4 is 10.6 Å². The predicted octanol–water partition coefficient (Wildman–Crippen LogP) is 2.29. The van der Waals surface area contributed by atoms with Gasteiger partial charge in [-0.2, -0.15) is 0 Å². The van der Waals surface area contributed by atoms with Crippen molar-refractivity contribution >= 4 is 17.3 Å². The van der Waals surface area contributed by atoms with E-state index in [1.807, 2.05) is 0 Å². The first-order valence-electron chi connectivity index (χ1n) is 7.18. The van der Waals surface area contributed by atoms with E-state index in [1.54, 1.807) is 12.1 Å². The third kappa shape index (κ3) is 2.77. The van der Waals surface area contributed by atoms with Gasteiger partial charge in [-0.05, 0) is 50.0 Å². The minimum atomic E-state index is -0.403. The molecule has 0 radical (unpaired) electrons. The summed E-state index contributed by atoms with van der Waals surface area (Å²) in [7, 11) is 0. The largest absolute Gasteiger partial charge is 0.381 e. The summed E-state index contributed by atoms with van der Waals surface area (Å²) in [5.41, 5.74) is 1.11. The average Bonchev–Trinajstić information content (AvgIpc) is 2.43. The van der Waals surface area contributed by atoms with Gasteiger partial charge in [-0.25, -0.2) is 4.39 Å². The Bertz CT molecular complexity index is 512. The number of carbonyl (C=O) groups is 1. The predicted molar refractivity (Wildman–Crippen MR) is 77.3 cm³/mol. The van der Waals surface area contributed by atoms with Crippen molar-refractivity contribution < 1.29 is 9.18 Å². The summed E-state index contributed by atoms with van der Waals surface area (Å²) >= 11 is 0. The lowest BCUT2D eigenvalue weighted by atomic mass is 9.84. The van der Waals surface area contributed by atoms with Crippen molar-refractivity contribution in [3.8, 4) is 0 Å². The third-order valence-electron chi connectivity index (χ3n) is 4.29. The van der Waals surface area contributed by atoms with Gasteiger partial charge in [-0.3, -0.25) is 4.79 Å². The minimum absolute atomic E-state index is 0.240. The molecule has 4 nitrogen and oxygen atoms in total. The first-order chi connectivity index (χ1) is 9.61. The maximum Gasteiger partial charge on any atom is 0.221 e. The van der Waals surface area contributed by atoms with E-state index in [1.165, 1.54) is 38.9 Å². The Morgan fingerprint density at radius 1 is 1.35 bits per heavy atom. The summed E-state index contributed by atoms with van der Waals surface area (Å²) in [4.78, 5) is 13.5. The van der Waals surface area contributed by atoms with E-state index in [0.29, 0.717) is 12.0 Å². The number of hydrogen-bond donors (Lipinski definition) is 2. The summed E-state index contributed by atoms with van der Waals surface area (Å²) in [6.45, 7) is 4.83. The zero-order valence-electron chi connectivity index (χ0n) is 11.7. The number of rotatable bonds is 3. The molecule has 3 saturated heterocycles. The molecule has 3 aliphatic rings. The third-order valence-corrected chi connectivity index (χ3v) is 4.29. The summed E-state index contributed by atoms with van der Waals surface area (Å²) in [5.74, 6) is 0.0396. The standard InChI is InChI=1S/C15H20FN3O/c1-10(20)17-14-8-12(2-3-13(14)16)18-15-9-19-6-4-11(15)5-7-19/h2-3,8,11,15,18H,4-7,9H2,1H3,(H,17,20). The van der Waals surface area contributed by atoms with Crippen LogP contribution in [0.3, 0.4) is 0 Å². The second kappa shape index (κ2) is 5.40. The number of benzene rings is 1. The van der Waals surface area contributed by atoms with Crippen molar-refractivity contribution in [2.45, 2.75) is 25.8 Å². The second-order valence-electron chi connectivity index (χ2n) is 5.76. The van der Waals surface area contributed by atoms with E-state index < -0.39 is 5.82 Å². The number of hydrogen-bond acceptors (Lipinski definition) is 3. The highest BCUT2D eigenvalue weighted by molar-refractivity contribution is 5.89. The van der Waals surface area contributed by atoms with Gasteiger partial charge < -0.3 is 15.5 Å². The molecule has 20 heavy (non-hydrogen) atoms. The Morgan fingerprint density at radius 3 is 2.70 bits per heavy atom. The van der Waals surface area contributed by atoms with Crippen molar-refractivity contribution in [1.29, 1.82) is 0 Å². The zero-order chi connectivity index (χ0) is 14.1. The molecule has 0 aromatic heterocycles. The summed E-state index contributed by atoms with van der Waals surface area (Å²) in [6, 6.07) is 5.23. The lowest BCUT2D eigenvalue weighted by molar-refractivity contribution is -0.114. The second-order valence-corrected chi connectivity index (χ2v) is 5.76. The van der Waals surface area contributed by atoms with E-state index in [-0.39, 0.29) is 11.6 Å². The Labute approximate surface area is 118 Å². The highest BCUT2D eigenvalue weighted by Gasteiger charge is 2.33. The quantitative estimate of drug-likeness (QED) is 0.891. The SMILES string of the molecule is CC(=O)Nc1cc(NC2CN3CCC2CC3)ccc1F. The van der Waals surface area contributed by atoms with Crippen LogP contribution in [-0.4, -0.2) is 36.5 Å². The number of nitrogens with zero attached hydrogens (tertiary/aromatic N) is 1. The smallest absolute Gasteiger partial charge is 0.221 e. The van der Waals surface area contributed by atoms with Crippen molar-refractivity contribution in [3.05, 3.63) is 24.0 Å². The first kappa shape index (κ1) is 13.4. The lowest BCUT2D eigenvalue weighted by Gasteiger charge is -2.45. The molecule has 1 aromatic carbocycles. The van der Waals surface area contributed by atoms with Crippen LogP contribution in [0.1, 0.15) is 19.8 Å². The van der Waals surface area contributed by atoms with Crippen LogP contribution >= 0.6 is 0 Å².